The molecule has 2 aliphatic heterocycles. The summed E-state index contributed by atoms with van der Waals surface area (Å²) >= 11 is 0. The molecule has 0 unspecified atom stereocenters. The van der Waals surface area contributed by atoms with Crippen molar-refractivity contribution in [1.29, 1.82) is 0 Å². The summed E-state index contributed by atoms with van der Waals surface area (Å²) < 4.78 is 0. The molecule has 0 aromatic heterocycles. The van der Waals surface area contributed by atoms with Gasteiger partial charge in [0, 0.05) is 31.2 Å². The lowest BCUT2D eigenvalue weighted by Gasteiger charge is -2.25. The molecule has 0 bridgehead atoms. The Kier molecular flexibility index (Phi) is 6.13. The van der Waals surface area contributed by atoms with Gasteiger partial charge in [0.05, 0.1) is 0 Å². The normalized spacial score (nSPS) is 23.8. The second-order valence-corrected chi connectivity index (χ2v) is 7.90. The Morgan fingerprint density at radius 2 is 1.76 bits per heavy atom. The Morgan fingerprint density at radius 3 is 2.28 bits per heavy atom. The van der Waals surface area contributed by atoms with E-state index in [2.05, 4.69) is 48.0 Å². The Balaban J connectivity index is 1.60. The molecule has 0 radical (unpaired) electrons. The zero-order chi connectivity index (χ0) is 17.8. The van der Waals surface area contributed by atoms with Crippen LogP contribution in [0, 0.1) is 11.8 Å². The van der Waals surface area contributed by atoms with Crippen LogP contribution in [-0.2, 0) is 6.54 Å². The van der Waals surface area contributed by atoms with Gasteiger partial charge in [-0.3, -0.25) is 9.69 Å². The molecule has 1 aromatic rings. The van der Waals surface area contributed by atoms with Gasteiger partial charge in [0.2, 0.25) is 0 Å². The molecule has 2 saturated heterocycles. The molecule has 2 fully saturated rings. The number of carbonyl (C=O) groups is 1. The number of amides is 1. The third-order valence-electron chi connectivity index (χ3n) is 6.03. The molecule has 1 N–H and O–H groups in total. The minimum atomic E-state index is 0.204. The predicted molar refractivity (Wildman–Crippen MR) is 103 cm³/mol. The van der Waals surface area contributed by atoms with E-state index >= 15 is 0 Å². The van der Waals surface area contributed by atoms with E-state index in [-0.39, 0.29) is 5.91 Å². The van der Waals surface area contributed by atoms with Crippen molar-refractivity contribution < 1.29 is 4.79 Å². The van der Waals surface area contributed by atoms with Gasteiger partial charge in [-0.1, -0.05) is 19.1 Å². The van der Waals surface area contributed by atoms with Crippen molar-refractivity contribution in [3.05, 3.63) is 35.4 Å². The lowest BCUT2D eigenvalue weighted by molar-refractivity contribution is 0.0758. The van der Waals surface area contributed by atoms with Crippen LogP contribution in [0.2, 0.25) is 0 Å². The number of likely N-dealkylation sites (tertiary alicyclic amines) is 1. The lowest BCUT2D eigenvalue weighted by atomic mass is 9.92. The summed E-state index contributed by atoms with van der Waals surface area (Å²) in [6.07, 6.45) is 2.28. The number of hydrogen-bond acceptors (Lipinski definition) is 3. The van der Waals surface area contributed by atoms with Crippen LogP contribution in [0.15, 0.2) is 24.3 Å². The van der Waals surface area contributed by atoms with Crippen LogP contribution in [0.5, 0.6) is 0 Å². The van der Waals surface area contributed by atoms with E-state index in [1.165, 1.54) is 5.56 Å². The zero-order valence-electron chi connectivity index (χ0n) is 16.0. The molecule has 0 aliphatic carbocycles. The smallest absolute Gasteiger partial charge is 0.253 e. The van der Waals surface area contributed by atoms with E-state index in [1.54, 1.807) is 0 Å². The largest absolute Gasteiger partial charge is 0.339 e. The maximum absolute atomic E-state index is 12.9. The maximum atomic E-state index is 12.9. The summed E-state index contributed by atoms with van der Waals surface area (Å²) in [5, 5.41) is 3.49. The second-order valence-electron chi connectivity index (χ2n) is 7.90. The Morgan fingerprint density at radius 1 is 1.16 bits per heavy atom. The summed E-state index contributed by atoms with van der Waals surface area (Å²) in [4.78, 5) is 17.4. The van der Waals surface area contributed by atoms with Crippen LogP contribution in [0.25, 0.3) is 0 Å². The summed E-state index contributed by atoms with van der Waals surface area (Å²) in [6.45, 7) is 12.7. The highest BCUT2D eigenvalue weighted by Gasteiger charge is 2.31. The minimum Gasteiger partial charge on any atom is -0.339 e. The van der Waals surface area contributed by atoms with Crippen LogP contribution in [0.1, 0.15) is 49.5 Å². The van der Waals surface area contributed by atoms with Gasteiger partial charge in [0.1, 0.15) is 0 Å². The average Bonchev–Trinajstić information content (AvgIpc) is 2.98. The van der Waals surface area contributed by atoms with Gasteiger partial charge in [0.15, 0.2) is 0 Å². The van der Waals surface area contributed by atoms with Crippen molar-refractivity contribution in [2.75, 3.05) is 32.7 Å². The third kappa shape index (κ3) is 4.42. The van der Waals surface area contributed by atoms with Crippen molar-refractivity contribution in [1.82, 2.24) is 15.1 Å². The van der Waals surface area contributed by atoms with E-state index in [9.17, 15) is 4.79 Å². The molecule has 0 saturated carbocycles. The van der Waals surface area contributed by atoms with Crippen LogP contribution < -0.4 is 5.32 Å². The van der Waals surface area contributed by atoms with Crippen molar-refractivity contribution in [2.24, 2.45) is 11.8 Å². The lowest BCUT2D eigenvalue weighted by Crippen LogP contribution is -2.33. The molecule has 0 spiro atoms. The van der Waals surface area contributed by atoms with Crippen LogP contribution >= 0.6 is 0 Å². The first kappa shape index (κ1) is 18.4. The first-order chi connectivity index (χ1) is 12.1. The summed E-state index contributed by atoms with van der Waals surface area (Å²) in [5.41, 5.74) is 2.12. The van der Waals surface area contributed by atoms with Crippen LogP contribution in [-0.4, -0.2) is 54.5 Å². The highest BCUT2D eigenvalue weighted by atomic mass is 16.2. The van der Waals surface area contributed by atoms with E-state index in [0.717, 1.165) is 69.5 Å². The first-order valence-electron chi connectivity index (χ1n) is 9.91. The molecule has 2 heterocycles. The molecule has 3 rings (SSSR count). The fraction of sp³-hybridized carbons (Fsp3) is 0.667. The van der Waals surface area contributed by atoms with Crippen molar-refractivity contribution >= 4 is 5.91 Å². The van der Waals surface area contributed by atoms with Gasteiger partial charge in [-0.25, -0.2) is 0 Å². The minimum absolute atomic E-state index is 0.204. The van der Waals surface area contributed by atoms with Gasteiger partial charge in [-0.15, -0.1) is 0 Å². The van der Waals surface area contributed by atoms with E-state index < -0.39 is 0 Å². The van der Waals surface area contributed by atoms with E-state index in [0.29, 0.717) is 6.04 Å². The van der Waals surface area contributed by atoms with Gasteiger partial charge < -0.3 is 10.2 Å². The topological polar surface area (TPSA) is 35.6 Å². The highest BCUT2D eigenvalue weighted by molar-refractivity contribution is 5.94. The predicted octanol–water partition coefficient (Wildman–Crippen LogP) is 2.99. The number of carbonyl (C=O) groups excluding carboxylic acids is 1. The SMILES string of the molecule is CCN(Cc1ccc(C(=O)N2CC[C@@H]3CNC[C@@H]3CC2)cc1)C(C)C. The van der Waals surface area contributed by atoms with Crippen molar-refractivity contribution in [2.45, 2.75) is 46.2 Å². The molecule has 2 aliphatic rings. The second kappa shape index (κ2) is 8.33. The zero-order valence-corrected chi connectivity index (χ0v) is 16.0. The number of nitrogens with zero attached hydrogens (tertiary/aromatic N) is 2. The molecule has 1 amide bonds. The van der Waals surface area contributed by atoms with Gasteiger partial charge in [-0.05, 0) is 75.9 Å². The molecule has 25 heavy (non-hydrogen) atoms. The Hall–Kier alpha value is -1.39. The Bertz CT molecular complexity index is 555. The number of fused-ring (bicyclic) bond motifs is 1. The highest BCUT2D eigenvalue weighted by Crippen LogP contribution is 2.27. The molecule has 2 atom stereocenters. The number of rotatable bonds is 5. The van der Waals surface area contributed by atoms with E-state index in [1.807, 2.05) is 12.1 Å². The summed E-state index contributed by atoms with van der Waals surface area (Å²) in [7, 11) is 0. The quantitative estimate of drug-likeness (QED) is 0.893. The van der Waals surface area contributed by atoms with Crippen molar-refractivity contribution in [3.63, 3.8) is 0 Å². The standard InChI is InChI=1S/C21H33N3O/c1-4-23(16(2)3)15-17-5-7-18(8-6-17)21(25)24-11-9-19-13-22-14-20(19)10-12-24/h5-8,16,19-20,22H,4,9-15H2,1-3H3/t19-,20+. The summed E-state index contributed by atoms with van der Waals surface area (Å²) in [6, 6.07) is 8.80. The average molecular weight is 344 g/mol. The molecule has 1 aromatic carbocycles. The fourth-order valence-corrected chi connectivity index (χ4v) is 4.25. The maximum Gasteiger partial charge on any atom is 0.253 e. The Labute approximate surface area is 152 Å². The molecular formula is C21H33N3O. The van der Waals surface area contributed by atoms with Crippen LogP contribution in [0.3, 0.4) is 0 Å². The fourth-order valence-electron chi connectivity index (χ4n) is 4.25. The molecule has 4 nitrogen and oxygen atoms in total. The van der Waals surface area contributed by atoms with E-state index in [4.69, 9.17) is 0 Å². The third-order valence-corrected chi connectivity index (χ3v) is 6.03. The number of benzene rings is 1. The van der Waals surface area contributed by atoms with Gasteiger partial charge in [-0.2, -0.15) is 0 Å². The summed E-state index contributed by atoms with van der Waals surface area (Å²) in [5.74, 6) is 1.73. The van der Waals surface area contributed by atoms with Gasteiger partial charge >= 0.3 is 0 Å². The molecular weight excluding hydrogens is 310 g/mol. The van der Waals surface area contributed by atoms with Crippen molar-refractivity contribution in [3.8, 4) is 0 Å². The number of hydrogen-bond donors (Lipinski definition) is 1. The number of nitrogens with one attached hydrogen (secondary N) is 1. The molecule has 4 heteroatoms. The van der Waals surface area contributed by atoms with Crippen LogP contribution in [0.4, 0.5) is 0 Å². The van der Waals surface area contributed by atoms with Gasteiger partial charge in [0.25, 0.3) is 5.91 Å². The molecule has 138 valence electrons. The monoisotopic (exact) mass is 343 g/mol. The first-order valence-corrected chi connectivity index (χ1v) is 9.91.